The molecule has 0 aliphatic rings. The summed E-state index contributed by atoms with van der Waals surface area (Å²) in [5.41, 5.74) is 4.89. The number of nitrogens with one attached hydrogen (secondary N) is 1. The average Bonchev–Trinajstić information content (AvgIpc) is 2.26. The van der Waals surface area contributed by atoms with Crippen LogP contribution in [0.5, 0.6) is 0 Å². The number of amides is 1. The van der Waals surface area contributed by atoms with E-state index >= 15 is 0 Å². The second kappa shape index (κ2) is 9.35. The van der Waals surface area contributed by atoms with Crippen molar-refractivity contribution in [3.05, 3.63) is 0 Å². The molecule has 0 saturated heterocycles. The summed E-state index contributed by atoms with van der Waals surface area (Å²) in [5.74, 6) is 0.388. The van der Waals surface area contributed by atoms with Crippen molar-refractivity contribution < 1.29 is 9.53 Å². The van der Waals surface area contributed by atoms with Gasteiger partial charge >= 0.3 is 0 Å². The molecule has 2 atom stereocenters. The van der Waals surface area contributed by atoms with E-state index in [0.29, 0.717) is 12.0 Å². The topological polar surface area (TPSA) is 64.3 Å². The highest BCUT2D eigenvalue weighted by atomic mass is 16.5. The van der Waals surface area contributed by atoms with Crippen LogP contribution in [0.4, 0.5) is 0 Å². The molecule has 0 radical (unpaired) electrons. The normalized spacial score (nSPS) is 16.4. The van der Waals surface area contributed by atoms with Gasteiger partial charge in [0, 0.05) is 12.6 Å². The minimum atomic E-state index is -0.613. The molecule has 0 bridgehead atoms. The van der Waals surface area contributed by atoms with Crippen molar-refractivity contribution in [3.63, 3.8) is 0 Å². The SMILES string of the molecule is CC(C)CC(C)OCCCCC(C)(NC(C)C)C(N)=O. The van der Waals surface area contributed by atoms with E-state index in [2.05, 4.69) is 26.1 Å². The molecule has 0 aromatic rings. The van der Waals surface area contributed by atoms with E-state index in [1.807, 2.05) is 20.8 Å². The van der Waals surface area contributed by atoms with Gasteiger partial charge in [0.25, 0.3) is 0 Å². The van der Waals surface area contributed by atoms with Gasteiger partial charge in [0.1, 0.15) is 0 Å². The number of ether oxygens (including phenoxy) is 1. The number of primary amides is 1. The van der Waals surface area contributed by atoms with Crippen LogP contribution in [0.1, 0.15) is 67.2 Å². The number of nitrogens with two attached hydrogens (primary N) is 1. The molecule has 0 saturated carbocycles. The van der Waals surface area contributed by atoms with Crippen molar-refractivity contribution in [2.45, 2.75) is 84.9 Å². The van der Waals surface area contributed by atoms with E-state index in [9.17, 15) is 4.79 Å². The van der Waals surface area contributed by atoms with E-state index in [1.165, 1.54) is 0 Å². The van der Waals surface area contributed by atoms with Crippen molar-refractivity contribution in [2.24, 2.45) is 11.7 Å². The Morgan fingerprint density at radius 2 is 1.80 bits per heavy atom. The molecular formula is C16H34N2O2. The third-order valence-corrected chi connectivity index (χ3v) is 3.43. The molecule has 0 aromatic carbocycles. The van der Waals surface area contributed by atoms with E-state index in [-0.39, 0.29) is 11.9 Å². The van der Waals surface area contributed by atoms with Crippen molar-refractivity contribution in [2.75, 3.05) is 6.61 Å². The lowest BCUT2D eigenvalue weighted by molar-refractivity contribution is -0.124. The average molecular weight is 286 g/mol. The van der Waals surface area contributed by atoms with Gasteiger partial charge in [-0.2, -0.15) is 0 Å². The Morgan fingerprint density at radius 3 is 2.25 bits per heavy atom. The first-order valence-corrected chi connectivity index (χ1v) is 7.86. The van der Waals surface area contributed by atoms with Gasteiger partial charge in [-0.1, -0.05) is 13.8 Å². The van der Waals surface area contributed by atoms with Crippen LogP contribution >= 0.6 is 0 Å². The first-order chi connectivity index (χ1) is 9.17. The minimum Gasteiger partial charge on any atom is -0.379 e. The zero-order valence-corrected chi connectivity index (χ0v) is 14.2. The maximum atomic E-state index is 11.6. The molecule has 0 spiro atoms. The first kappa shape index (κ1) is 19.4. The summed E-state index contributed by atoms with van der Waals surface area (Å²) < 4.78 is 5.77. The monoisotopic (exact) mass is 286 g/mol. The maximum Gasteiger partial charge on any atom is 0.237 e. The van der Waals surface area contributed by atoms with Crippen molar-refractivity contribution in [3.8, 4) is 0 Å². The van der Waals surface area contributed by atoms with Gasteiger partial charge < -0.3 is 15.8 Å². The van der Waals surface area contributed by atoms with Gasteiger partial charge in [0.2, 0.25) is 5.91 Å². The van der Waals surface area contributed by atoms with Crippen molar-refractivity contribution in [1.29, 1.82) is 0 Å². The lowest BCUT2D eigenvalue weighted by Gasteiger charge is -2.30. The van der Waals surface area contributed by atoms with Crippen LogP contribution in [-0.2, 0) is 9.53 Å². The fourth-order valence-corrected chi connectivity index (χ4v) is 2.50. The summed E-state index contributed by atoms with van der Waals surface area (Å²) in [5, 5.41) is 3.27. The van der Waals surface area contributed by atoms with E-state index in [0.717, 1.165) is 32.3 Å². The quantitative estimate of drug-likeness (QED) is 0.574. The molecule has 4 nitrogen and oxygen atoms in total. The molecule has 2 unspecified atom stereocenters. The highest BCUT2D eigenvalue weighted by Gasteiger charge is 2.30. The zero-order chi connectivity index (χ0) is 15.8. The first-order valence-electron chi connectivity index (χ1n) is 7.86. The molecule has 0 aliphatic heterocycles. The molecule has 0 aromatic heterocycles. The van der Waals surface area contributed by atoms with E-state index < -0.39 is 5.54 Å². The lowest BCUT2D eigenvalue weighted by Crippen LogP contribution is -2.55. The van der Waals surface area contributed by atoms with Gasteiger partial charge in [-0.3, -0.25) is 4.79 Å². The van der Waals surface area contributed by atoms with Gasteiger partial charge in [-0.05, 0) is 59.3 Å². The molecule has 20 heavy (non-hydrogen) atoms. The second-order valence-electron chi connectivity index (χ2n) is 6.76. The zero-order valence-electron chi connectivity index (χ0n) is 14.2. The summed E-state index contributed by atoms with van der Waals surface area (Å²) >= 11 is 0. The third-order valence-electron chi connectivity index (χ3n) is 3.43. The van der Waals surface area contributed by atoms with Crippen LogP contribution in [0.2, 0.25) is 0 Å². The predicted molar refractivity (Wildman–Crippen MR) is 84.6 cm³/mol. The van der Waals surface area contributed by atoms with Crippen LogP contribution in [0.15, 0.2) is 0 Å². The lowest BCUT2D eigenvalue weighted by atomic mass is 9.93. The van der Waals surface area contributed by atoms with Gasteiger partial charge in [0.05, 0.1) is 11.6 Å². The van der Waals surface area contributed by atoms with Crippen LogP contribution in [-0.4, -0.2) is 30.2 Å². The van der Waals surface area contributed by atoms with Crippen LogP contribution in [0.3, 0.4) is 0 Å². The molecule has 0 aliphatic carbocycles. The van der Waals surface area contributed by atoms with Crippen LogP contribution in [0.25, 0.3) is 0 Å². The molecule has 4 heteroatoms. The second-order valence-corrected chi connectivity index (χ2v) is 6.76. The third kappa shape index (κ3) is 8.54. The van der Waals surface area contributed by atoms with Crippen LogP contribution < -0.4 is 11.1 Å². The Labute approximate surface area is 124 Å². The summed E-state index contributed by atoms with van der Waals surface area (Å²) in [6, 6.07) is 0.245. The smallest absolute Gasteiger partial charge is 0.237 e. The molecule has 120 valence electrons. The number of carbonyl (C=O) groups excluding carboxylic acids is 1. The number of hydrogen-bond acceptors (Lipinski definition) is 3. The Hall–Kier alpha value is -0.610. The highest BCUT2D eigenvalue weighted by molar-refractivity contribution is 5.84. The fraction of sp³-hybridized carbons (Fsp3) is 0.938. The Kier molecular flexibility index (Phi) is 9.06. The molecule has 0 heterocycles. The number of rotatable bonds is 11. The summed E-state index contributed by atoms with van der Waals surface area (Å²) in [6.07, 6.45) is 4.06. The standard InChI is InChI=1S/C16H34N2O2/c1-12(2)11-14(5)20-10-8-7-9-16(6,15(17)19)18-13(3)4/h12-14,18H,7-11H2,1-6H3,(H2,17,19). The summed E-state index contributed by atoms with van der Waals surface area (Å²) in [6.45, 7) is 13.2. The van der Waals surface area contributed by atoms with Gasteiger partial charge in [-0.15, -0.1) is 0 Å². The Morgan fingerprint density at radius 1 is 1.20 bits per heavy atom. The van der Waals surface area contributed by atoms with Crippen molar-refractivity contribution >= 4 is 5.91 Å². The summed E-state index contributed by atoms with van der Waals surface area (Å²) in [7, 11) is 0. The molecule has 3 N–H and O–H groups in total. The molecule has 1 amide bonds. The molecular weight excluding hydrogens is 252 g/mol. The predicted octanol–water partition coefficient (Wildman–Crippen LogP) is 2.85. The number of carbonyl (C=O) groups is 1. The van der Waals surface area contributed by atoms with Gasteiger partial charge in [-0.25, -0.2) is 0 Å². The maximum absolute atomic E-state index is 11.6. The Balaban J connectivity index is 3.93. The highest BCUT2D eigenvalue weighted by Crippen LogP contribution is 2.15. The Bertz CT molecular complexity index is 280. The van der Waals surface area contributed by atoms with Gasteiger partial charge in [0.15, 0.2) is 0 Å². The summed E-state index contributed by atoms with van der Waals surface area (Å²) in [4.78, 5) is 11.6. The fourth-order valence-electron chi connectivity index (χ4n) is 2.50. The number of hydrogen-bond donors (Lipinski definition) is 2. The van der Waals surface area contributed by atoms with E-state index in [4.69, 9.17) is 10.5 Å². The molecule has 0 fully saturated rings. The molecule has 0 rings (SSSR count). The largest absolute Gasteiger partial charge is 0.379 e. The number of unbranched alkanes of at least 4 members (excludes halogenated alkanes) is 1. The van der Waals surface area contributed by atoms with Crippen molar-refractivity contribution in [1.82, 2.24) is 5.32 Å². The van der Waals surface area contributed by atoms with Crippen LogP contribution in [0, 0.1) is 5.92 Å². The minimum absolute atomic E-state index is 0.245. The van der Waals surface area contributed by atoms with E-state index in [1.54, 1.807) is 0 Å².